The van der Waals surface area contributed by atoms with Gasteiger partial charge in [0.1, 0.15) is 0 Å². The highest BCUT2D eigenvalue weighted by molar-refractivity contribution is 5.98. The van der Waals surface area contributed by atoms with Gasteiger partial charge in [-0.3, -0.25) is 9.59 Å². The molecular weight excluding hydrogens is 364 g/mol. The smallest absolute Gasteiger partial charge is 0.305 e. The zero-order valence-corrected chi connectivity index (χ0v) is 16.7. The highest BCUT2D eigenvalue weighted by atomic mass is 16.5. The zero-order chi connectivity index (χ0) is 20.2. The Kier molecular flexibility index (Phi) is 5.65. The zero-order valence-electron chi connectivity index (χ0n) is 16.7. The fourth-order valence-electron chi connectivity index (χ4n) is 4.09. The summed E-state index contributed by atoms with van der Waals surface area (Å²) < 4.78 is 6.96. The average Bonchev–Trinajstić information content (AvgIpc) is 3.16. The predicted octanol–water partition coefficient (Wildman–Crippen LogP) is 4.10. The van der Waals surface area contributed by atoms with Gasteiger partial charge >= 0.3 is 5.97 Å². The Balaban J connectivity index is 1.43. The van der Waals surface area contributed by atoms with Crippen LogP contribution in [-0.4, -0.2) is 41.5 Å². The maximum Gasteiger partial charge on any atom is 0.305 e. The maximum atomic E-state index is 13.0. The fraction of sp³-hybridized carbons (Fsp3) is 0.333. The minimum absolute atomic E-state index is 0.0687. The second kappa shape index (κ2) is 8.52. The number of carbonyl (C=O) groups excluding carboxylic acids is 2. The third-order valence-corrected chi connectivity index (χ3v) is 5.80. The second-order valence-electron chi connectivity index (χ2n) is 7.72. The molecule has 150 valence electrons. The molecule has 4 rings (SSSR count). The number of fused-ring (bicyclic) bond motifs is 1. The highest BCUT2D eigenvalue weighted by Gasteiger charge is 2.25. The van der Waals surface area contributed by atoms with Gasteiger partial charge < -0.3 is 14.2 Å². The molecule has 5 heteroatoms. The quantitative estimate of drug-likeness (QED) is 0.616. The third kappa shape index (κ3) is 4.34. The normalized spacial score (nSPS) is 14.9. The van der Waals surface area contributed by atoms with Gasteiger partial charge in [-0.25, -0.2) is 0 Å². The van der Waals surface area contributed by atoms with Gasteiger partial charge in [0.05, 0.1) is 7.11 Å². The summed E-state index contributed by atoms with van der Waals surface area (Å²) in [7, 11) is 1.42. The van der Waals surface area contributed by atoms with Crippen molar-refractivity contribution < 1.29 is 14.3 Å². The maximum absolute atomic E-state index is 13.0. The van der Waals surface area contributed by atoms with Crippen molar-refractivity contribution in [2.24, 2.45) is 5.92 Å². The van der Waals surface area contributed by atoms with Crippen molar-refractivity contribution in [3.05, 3.63) is 71.9 Å². The summed E-state index contributed by atoms with van der Waals surface area (Å²) >= 11 is 0. The van der Waals surface area contributed by atoms with Gasteiger partial charge in [-0.05, 0) is 48.6 Å². The summed E-state index contributed by atoms with van der Waals surface area (Å²) in [4.78, 5) is 26.3. The van der Waals surface area contributed by atoms with Gasteiger partial charge in [-0.1, -0.05) is 30.3 Å². The Morgan fingerprint density at radius 2 is 1.79 bits per heavy atom. The van der Waals surface area contributed by atoms with E-state index < -0.39 is 0 Å². The van der Waals surface area contributed by atoms with Crippen molar-refractivity contribution in [1.29, 1.82) is 0 Å². The first-order chi connectivity index (χ1) is 14.1. The number of carbonyl (C=O) groups is 2. The Morgan fingerprint density at radius 1 is 1.03 bits per heavy atom. The Labute approximate surface area is 170 Å². The van der Waals surface area contributed by atoms with Crippen LogP contribution in [0, 0.1) is 5.92 Å². The number of nitrogens with zero attached hydrogens (tertiary/aromatic N) is 2. The molecule has 2 aromatic carbocycles. The van der Waals surface area contributed by atoms with Crippen LogP contribution in [0.4, 0.5) is 0 Å². The van der Waals surface area contributed by atoms with E-state index >= 15 is 0 Å². The van der Waals surface area contributed by atoms with Crippen molar-refractivity contribution in [1.82, 2.24) is 9.47 Å². The van der Waals surface area contributed by atoms with Gasteiger partial charge in [-0.15, -0.1) is 0 Å². The molecule has 1 aliphatic rings. The SMILES string of the molecule is COC(=O)CC1CCN(C(=O)c2ccc3c(ccn3Cc3ccccc3)c2)CC1. The van der Waals surface area contributed by atoms with Crippen LogP contribution in [0.15, 0.2) is 60.8 Å². The van der Waals surface area contributed by atoms with Gasteiger partial charge in [-0.2, -0.15) is 0 Å². The summed E-state index contributed by atoms with van der Waals surface area (Å²) in [5, 5.41) is 1.08. The van der Waals surface area contributed by atoms with E-state index in [0.717, 1.165) is 35.9 Å². The number of aromatic nitrogens is 1. The van der Waals surface area contributed by atoms with Crippen LogP contribution < -0.4 is 0 Å². The Bertz CT molecular complexity index is 1000. The molecule has 3 aromatic rings. The second-order valence-corrected chi connectivity index (χ2v) is 7.72. The molecule has 0 bridgehead atoms. The summed E-state index contributed by atoms with van der Waals surface area (Å²) in [6.45, 7) is 2.19. The molecule has 1 amide bonds. The lowest BCUT2D eigenvalue weighted by Crippen LogP contribution is -2.38. The molecule has 1 aromatic heterocycles. The van der Waals surface area contributed by atoms with E-state index in [2.05, 4.69) is 29.0 Å². The number of hydrogen-bond acceptors (Lipinski definition) is 3. The van der Waals surface area contributed by atoms with Crippen LogP contribution in [0.1, 0.15) is 35.2 Å². The number of esters is 1. The van der Waals surface area contributed by atoms with Crippen LogP contribution in [-0.2, 0) is 16.1 Å². The van der Waals surface area contributed by atoms with Gasteiger partial charge in [0, 0.05) is 48.7 Å². The fourth-order valence-corrected chi connectivity index (χ4v) is 4.09. The number of hydrogen-bond donors (Lipinski definition) is 0. The van der Waals surface area contributed by atoms with Crippen molar-refractivity contribution >= 4 is 22.8 Å². The number of piperidine rings is 1. The van der Waals surface area contributed by atoms with Gasteiger partial charge in [0.2, 0.25) is 0 Å². The Morgan fingerprint density at radius 3 is 2.52 bits per heavy atom. The Hall–Kier alpha value is -3.08. The topological polar surface area (TPSA) is 51.5 Å². The van der Waals surface area contributed by atoms with Crippen molar-refractivity contribution in [3.63, 3.8) is 0 Å². The number of methoxy groups -OCH3 is 1. The first kappa shape index (κ1) is 19.2. The van der Waals surface area contributed by atoms with E-state index in [1.54, 1.807) is 0 Å². The largest absolute Gasteiger partial charge is 0.469 e. The summed E-state index contributed by atoms with van der Waals surface area (Å²) in [6.07, 6.45) is 4.21. The van der Waals surface area contributed by atoms with Crippen LogP contribution in [0.5, 0.6) is 0 Å². The molecule has 0 atom stereocenters. The lowest BCUT2D eigenvalue weighted by atomic mass is 9.93. The van der Waals surface area contributed by atoms with E-state index in [1.165, 1.54) is 12.7 Å². The minimum Gasteiger partial charge on any atom is -0.469 e. The standard InChI is InChI=1S/C24H26N2O3/c1-29-23(27)15-18-9-12-25(13-10-18)24(28)21-7-8-22-20(16-21)11-14-26(22)17-19-5-3-2-4-6-19/h2-8,11,14,16,18H,9-10,12-13,15,17H2,1H3. The molecule has 1 fully saturated rings. The molecular formula is C24H26N2O3. The van der Waals surface area contributed by atoms with Crippen LogP contribution >= 0.6 is 0 Å². The third-order valence-electron chi connectivity index (χ3n) is 5.80. The van der Waals surface area contributed by atoms with Crippen LogP contribution in [0.3, 0.4) is 0 Å². The average molecular weight is 390 g/mol. The molecule has 1 aliphatic heterocycles. The number of likely N-dealkylation sites (tertiary alicyclic amines) is 1. The molecule has 0 unspecified atom stereocenters. The molecule has 0 aliphatic carbocycles. The van der Waals surface area contributed by atoms with Crippen LogP contribution in [0.25, 0.3) is 10.9 Å². The van der Waals surface area contributed by atoms with Crippen molar-refractivity contribution in [3.8, 4) is 0 Å². The molecule has 2 heterocycles. The number of amides is 1. The van der Waals surface area contributed by atoms with E-state index in [-0.39, 0.29) is 11.9 Å². The summed E-state index contributed by atoms with van der Waals surface area (Å²) in [5.74, 6) is 0.209. The first-order valence-corrected chi connectivity index (χ1v) is 10.1. The van der Waals surface area contributed by atoms with Gasteiger partial charge in [0.25, 0.3) is 5.91 Å². The van der Waals surface area contributed by atoms with Crippen LogP contribution in [0.2, 0.25) is 0 Å². The molecule has 0 spiro atoms. The lowest BCUT2D eigenvalue weighted by Gasteiger charge is -2.31. The summed E-state index contributed by atoms with van der Waals surface area (Å²) in [6, 6.07) is 18.4. The number of benzene rings is 2. The van der Waals surface area contributed by atoms with E-state index in [4.69, 9.17) is 4.74 Å². The highest BCUT2D eigenvalue weighted by Crippen LogP contribution is 2.24. The first-order valence-electron chi connectivity index (χ1n) is 10.1. The summed E-state index contributed by atoms with van der Waals surface area (Å²) in [5.41, 5.74) is 3.10. The predicted molar refractivity (Wildman–Crippen MR) is 113 cm³/mol. The molecule has 1 saturated heterocycles. The molecule has 0 N–H and O–H groups in total. The monoisotopic (exact) mass is 390 g/mol. The van der Waals surface area contributed by atoms with E-state index in [0.29, 0.717) is 25.4 Å². The molecule has 0 saturated carbocycles. The number of ether oxygens (including phenoxy) is 1. The van der Waals surface area contributed by atoms with Crippen molar-refractivity contribution in [2.75, 3.05) is 20.2 Å². The molecule has 0 radical (unpaired) electrons. The van der Waals surface area contributed by atoms with Gasteiger partial charge in [0.15, 0.2) is 0 Å². The lowest BCUT2D eigenvalue weighted by molar-refractivity contribution is -0.142. The minimum atomic E-state index is -0.166. The molecule has 29 heavy (non-hydrogen) atoms. The number of rotatable bonds is 5. The molecule has 5 nitrogen and oxygen atoms in total. The van der Waals surface area contributed by atoms with E-state index in [1.807, 2.05) is 41.3 Å². The van der Waals surface area contributed by atoms with E-state index in [9.17, 15) is 9.59 Å². The van der Waals surface area contributed by atoms with Crippen molar-refractivity contribution in [2.45, 2.75) is 25.8 Å².